The molecule has 0 amide bonds. The van der Waals surface area contributed by atoms with Gasteiger partial charge in [0.15, 0.2) is 6.10 Å². The molecule has 0 fully saturated rings. The Bertz CT molecular complexity index is 1290. The van der Waals surface area contributed by atoms with E-state index in [9.17, 15) is 19.0 Å². The molecule has 0 aromatic rings. The second kappa shape index (κ2) is 49.9. The van der Waals surface area contributed by atoms with Crippen LogP contribution in [0.2, 0.25) is 0 Å². The molecule has 0 rings (SSSR count). The normalized spacial score (nSPS) is 13.7. The molecule has 0 aromatic heterocycles. The van der Waals surface area contributed by atoms with Gasteiger partial charge in [0.05, 0.1) is 27.7 Å². The standard InChI is InChI=1S/C58H108NO8P/c1-6-8-10-12-14-16-18-19-20-21-22-23-24-25-26-27-28-29-30-31-32-33-34-35-36-37-38-39-41-43-45-47-49-51-58(61)67-56(55-66-68(62,63)65-53-52-59(3,4)5)54-64-57(60)50-48-46-44-42-40-17-15-13-11-9-7-2/h8,10,14,16,19-20,22-23,56H,6-7,9,11-13,15,17-18,21,24-55H2,1-5H3/b10-8-,16-14-,20-19-,23-22-. The number of ether oxygens (including phenoxy) is 2. The molecule has 0 aliphatic heterocycles. The van der Waals surface area contributed by atoms with Gasteiger partial charge in [-0.25, -0.2) is 0 Å². The molecule has 68 heavy (non-hydrogen) atoms. The van der Waals surface area contributed by atoms with E-state index in [2.05, 4.69) is 62.5 Å². The number of carbonyl (C=O) groups is 2. The third kappa shape index (κ3) is 53.3. The number of hydrogen-bond acceptors (Lipinski definition) is 8. The van der Waals surface area contributed by atoms with Crippen LogP contribution < -0.4 is 4.89 Å². The maximum absolute atomic E-state index is 12.8. The van der Waals surface area contributed by atoms with Gasteiger partial charge in [0.2, 0.25) is 0 Å². The molecule has 0 saturated carbocycles. The molecule has 2 atom stereocenters. The number of unbranched alkanes of at least 4 members (excludes halogenated alkanes) is 30. The smallest absolute Gasteiger partial charge is 0.306 e. The summed E-state index contributed by atoms with van der Waals surface area (Å²) in [7, 11) is 1.18. The molecule has 10 heteroatoms. The fourth-order valence-corrected chi connectivity index (χ4v) is 8.73. The van der Waals surface area contributed by atoms with E-state index in [4.69, 9.17) is 18.5 Å². The molecular weight excluding hydrogens is 870 g/mol. The number of quaternary nitrogens is 1. The minimum Gasteiger partial charge on any atom is -0.756 e. The maximum atomic E-state index is 12.8. The summed E-state index contributed by atoms with van der Waals surface area (Å²) in [6.07, 6.45) is 61.7. The van der Waals surface area contributed by atoms with Crippen LogP contribution in [0.3, 0.4) is 0 Å². The summed E-state index contributed by atoms with van der Waals surface area (Å²) in [5.41, 5.74) is 0. The van der Waals surface area contributed by atoms with Crippen LogP contribution in [0.25, 0.3) is 0 Å². The van der Waals surface area contributed by atoms with Gasteiger partial charge in [0.25, 0.3) is 7.82 Å². The van der Waals surface area contributed by atoms with Crippen molar-refractivity contribution in [2.45, 2.75) is 264 Å². The monoisotopic (exact) mass is 978 g/mol. The molecule has 9 nitrogen and oxygen atoms in total. The van der Waals surface area contributed by atoms with E-state index >= 15 is 0 Å². The highest BCUT2D eigenvalue weighted by molar-refractivity contribution is 7.45. The molecule has 2 unspecified atom stereocenters. The fraction of sp³-hybridized carbons (Fsp3) is 0.828. The Morgan fingerprint density at radius 2 is 0.838 bits per heavy atom. The molecule has 0 aromatic carbocycles. The number of phosphoric ester groups is 1. The van der Waals surface area contributed by atoms with E-state index in [-0.39, 0.29) is 32.0 Å². The summed E-state index contributed by atoms with van der Waals surface area (Å²) in [5.74, 6) is -0.823. The van der Waals surface area contributed by atoms with E-state index in [1.165, 1.54) is 167 Å². The van der Waals surface area contributed by atoms with E-state index in [0.717, 1.165) is 57.8 Å². The van der Waals surface area contributed by atoms with Crippen molar-refractivity contribution in [2.24, 2.45) is 0 Å². The first-order chi connectivity index (χ1) is 33.0. The molecule has 0 saturated heterocycles. The second-order valence-corrected chi connectivity index (χ2v) is 21.7. The van der Waals surface area contributed by atoms with Crippen molar-refractivity contribution in [3.63, 3.8) is 0 Å². The average molecular weight is 978 g/mol. The van der Waals surface area contributed by atoms with Crippen LogP contribution in [0.4, 0.5) is 0 Å². The predicted molar refractivity (Wildman–Crippen MR) is 287 cm³/mol. The van der Waals surface area contributed by atoms with E-state index in [0.29, 0.717) is 17.4 Å². The van der Waals surface area contributed by atoms with Crippen LogP contribution in [0.5, 0.6) is 0 Å². The molecule has 0 radical (unpaired) electrons. The minimum absolute atomic E-state index is 0.0286. The van der Waals surface area contributed by atoms with Gasteiger partial charge in [-0.15, -0.1) is 0 Å². The third-order valence-corrected chi connectivity index (χ3v) is 13.3. The number of allylic oxidation sites excluding steroid dienone is 8. The highest BCUT2D eigenvalue weighted by Crippen LogP contribution is 2.38. The Balaban J connectivity index is 3.97. The zero-order valence-electron chi connectivity index (χ0n) is 45.1. The molecule has 0 aliphatic carbocycles. The predicted octanol–water partition coefficient (Wildman–Crippen LogP) is 16.7. The van der Waals surface area contributed by atoms with E-state index < -0.39 is 26.5 Å². The lowest BCUT2D eigenvalue weighted by Gasteiger charge is -2.28. The van der Waals surface area contributed by atoms with Crippen LogP contribution in [-0.2, 0) is 32.7 Å². The summed E-state index contributed by atoms with van der Waals surface area (Å²) in [5, 5.41) is 0. The molecular formula is C58H108NO8P. The SMILES string of the molecule is CC/C=C\C/C=C\C/C=C\C/C=C\CCCCCCCCCCCCCCCCCCCCCCC(=O)OC(COC(=O)CCCCCCCCCCCCC)COP(=O)([O-])OCC[N+](C)(C)C. The van der Waals surface area contributed by atoms with Crippen molar-refractivity contribution < 1.29 is 42.1 Å². The first kappa shape index (κ1) is 66.0. The second-order valence-electron chi connectivity index (χ2n) is 20.3. The number of rotatable bonds is 52. The summed E-state index contributed by atoms with van der Waals surface area (Å²) < 4.78 is 34.0. The average Bonchev–Trinajstić information content (AvgIpc) is 3.30. The number of phosphoric acid groups is 1. The Kier molecular flexibility index (Phi) is 48.4. The van der Waals surface area contributed by atoms with E-state index in [1.54, 1.807) is 0 Å². The van der Waals surface area contributed by atoms with Gasteiger partial charge in [-0.1, -0.05) is 242 Å². The number of likely N-dealkylation sites (N-methyl/N-ethyl adjacent to an activating group) is 1. The first-order valence-electron chi connectivity index (χ1n) is 28.3. The summed E-state index contributed by atoms with van der Waals surface area (Å²) in [6, 6.07) is 0. The number of nitrogens with zero attached hydrogens (tertiary/aromatic N) is 1. The Morgan fingerprint density at radius 3 is 1.25 bits per heavy atom. The summed E-state index contributed by atoms with van der Waals surface area (Å²) >= 11 is 0. The van der Waals surface area contributed by atoms with Gasteiger partial charge in [-0.3, -0.25) is 14.2 Å². The Morgan fingerprint density at radius 1 is 0.471 bits per heavy atom. The molecule has 0 aliphatic rings. The summed E-state index contributed by atoms with van der Waals surface area (Å²) in [4.78, 5) is 37.7. The van der Waals surface area contributed by atoms with E-state index in [1.807, 2.05) is 21.1 Å². The lowest BCUT2D eigenvalue weighted by Crippen LogP contribution is -2.37. The molecule has 0 heterocycles. The lowest BCUT2D eigenvalue weighted by atomic mass is 10.0. The Hall–Kier alpha value is -2.03. The van der Waals surface area contributed by atoms with Crippen LogP contribution in [0, 0.1) is 0 Å². The van der Waals surface area contributed by atoms with Crippen molar-refractivity contribution in [2.75, 3.05) is 47.5 Å². The van der Waals surface area contributed by atoms with Crippen molar-refractivity contribution in [1.82, 2.24) is 0 Å². The molecule has 0 bridgehead atoms. The zero-order chi connectivity index (χ0) is 49.9. The lowest BCUT2D eigenvalue weighted by molar-refractivity contribution is -0.870. The Labute approximate surface area is 420 Å². The first-order valence-corrected chi connectivity index (χ1v) is 29.8. The topological polar surface area (TPSA) is 111 Å². The number of hydrogen-bond donors (Lipinski definition) is 0. The highest BCUT2D eigenvalue weighted by Gasteiger charge is 2.22. The van der Waals surface area contributed by atoms with Crippen molar-refractivity contribution in [3.8, 4) is 0 Å². The van der Waals surface area contributed by atoms with Crippen LogP contribution >= 0.6 is 7.82 Å². The molecule has 0 spiro atoms. The fourth-order valence-electron chi connectivity index (χ4n) is 8.00. The van der Waals surface area contributed by atoms with Crippen LogP contribution in [0.15, 0.2) is 48.6 Å². The van der Waals surface area contributed by atoms with Crippen molar-refractivity contribution in [3.05, 3.63) is 48.6 Å². The van der Waals surface area contributed by atoms with Gasteiger partial charge in [-0.05, 0) is 51.4 Å². The minimum atomic E-state index is -4.63. The number of esters is 2. The van der Waals surface area contributed by atoms with Crippen molar-refractivity contribution >= 4 is 19.8 Å². The van der Waals surface area contributed by atoms with Gasteiger partial charge in [0, 0.05) is 12.8 Å². The third-order valence-electron chi connectivity index (χ3n) is 12.4. The largest absolute Gasteiger partial charge is 0.756 e. The van der Waals surface area contributed by atoms with Crippen LogP contribution in [0.1, 0.15) is 258 Å². The van der Waals surface area contributed by atoms with Crippen LogP contribution in [-0.4, -0.2) is 70.0 Å². The highest BCUT2D eigenvalue weighted by atomic mass is 31.2. The molecule has 398 valence electrons. The molecule has 0 N–H and O–H groups in total. The van der Waals surface area contributed by atoms with Crippen molar-refractivity contribution in [1.29, 1.82) is 0 Å². The maximum Gasteiger partial charge on any atom is 0.306 e. The zero-order valence-corrected chi connectivity index (χ0v) is 45.9. The van der Waals surface area contributed by atoms with Gasteiger partial charge in [-0.2, -0.15) is 0 Å². The van der Waals surface area contributed by atoms with Gasteiger partial charge >= 0.3 is 11.9 Å². The quantitative estimate of drug-likeness (QED) is 0.0195. The number of carbonyl (C=O) groups excluding carboxylic acids is 2. The van der Waals surface area contributed by atoms with Gasteiger partial charge in [0.1, 0.15) is 19.8 Å². The van der Waals surface area contributed by atoms with Gasteiger partial charge < -0.3 is 27.9 Å². The summed E-state index contributed by atoms with van der Waals surface area (Å²) in [6.45, 7) is 4.14.